The van der Waals surface area contributed by atoms with Crippen molar-refractivity contribution in [3.8, 4) is 0 Å². The SMILES string of the molecule is CC(C)(C)C(=O)NCc1ccc(Cl)c(C(=O)Nc2cccc3c(Cl)nsc23)c1. The van der Waals surface area contributed by atoms with Crippen LogP contribution in [0.4, 0.5) is 5.69 Å². The minimum absolute atomic E-state index is 0.0674. The fourth-order valence-electron chi connectivity index (χ4n) is 2.52. The second kappa shape index (κ2) is 8.07. The Kier molecular flexibility index (Phi) is 5.93. The second-order valence-electron chi connectivity index (χ2n) is 7.36. The van der Waals surface area contributed by atoms with Gasteiger partial charge in [0.1, 0.15) is 0 Å². The molecule has 2 aromatic carbocycles. The molecule has 3 rings (SSSR count). The van der Waals surface area contributed by atoms with E-state index < -0.39 is 5.41 Å². The van der Waals surface area contributed by atoms with Crippen LogP contribution < -0.4 is 10.6 Å². The molecule has 8 heteroatoms. The first-order valence-electron chi connectivity index (χ1n) is 8.59. The Hall–Kier alpha value is -2.15. The molecule has 1 aromatic heterocycles. The number of benzene rings is 2. The van der Waals surface area contributed by atoms with E-state index in [0.29, 0.717) is 28.0 Å². The molecule has 0 fully saturated rings. The van der Waals surface area contributed by atoms with Gasteiger partial charge in [-0.2, -0.15) is 4.37 Å². The summed E-state index contributed by atoms with van der Waals surface area (Å²) in [6.07, 6.45) is 0. The third kappa shape index (κ3) is 4.46. The first-order chi connectivity index (χ1) is 13.2. The molecule has 0 atom stereocenters. The molecule has 146 valence electrons. The van der Waals surface area contributed by atoms with Crippen LogP contribution in [0.2, 0.25) is 10.2 Å². The smallest absolute Gasteiger partial charge is 0.257 e. The number of nitrogens with one attached hydrogen (secondary N) is 2. The minimum Gasteiger partial charge on any atom is -0.352 e. The number of hydrogen-bond donors (Lipinski definition) is 2. The normalized spacial score (nSPS) is 11.5. The lowest BCUT2D eigenvalue weighted by Crippen LogP contribution is -2.34. The Bertz CT molecular complexity index is 1060. The van der Waals surface area contributed by atoms with E-state index in [1.54, 1.807) is 30.3 Å². The first-order valence-corrected chi connectivity index (χ1v) is 10.1. The average Bonchev–Trinajstić information content (AvgIpc) is 3.02. The standard InChI is InChI=1S/C20H19Cl2N3O2S/c1-20(2,3)19(27)23-10-11-7-8-14(21)13(9-11)18(26)24-15-6-4-5-12-16(15)28-25-17(12)22/h4-9H,10H2,1-3H3,(H,23,27)(H,24,26). The van der Waals surface area contributed by atoms with E-state index in [2.05, 4.69) is 15.0 Å². The second-order valence-corrected chi connectivity index (χ2v) is 8.90. The van der Waals surface area contributed by atoms with E-state index in [1.165, 1.54) is 11.5 Å². The van der Waals surface area contributed by atoms with Gasteiger partial charge >= 0.3 is 0 Å². The van der Waals surface area contributed by atoms with Crippen molar-refractivity contribution in [3.63, 3.8) is 0 Å². The van der Waals surface area contributed by atoms with Gasteiger partial charge in [-0.15, -0.1) is 0 Å². The van der Waals surface area contributed by atoms with Crippen molar-refractivity contribution in [3.05, 3.63) is 57.7 Å². The monoisotopic (exact) mass is 435 g/mol. The van der Waals surface area contributed by atoms with Crippen LogP contribution in [0.3, 0.4) is 0 Å². The zero-order valence-electron chi connectivity index (χ0n) is 15.6. The highest BCUT2D eigenvalue weighted by molar-refractivity contribution is 7.14. The number of carbonyl (C=O) groups excluding carboxylic acids is 2. The van der Waals surface area contributed by atoms with E-state index in [4.69, 9.17) is 23.2 Å². The summed E-state index contributed by atoms with van der Waals surface area (Å²) >= 11 is 13.5. The molecular formula is C20H19Cl2N3O2S. The molecule has 0 bridgehead atoms. The van der Waals surface area contributed by atoms with Gasteiger partial charge in [0.2, 0.25) is 5.91 Å². The summed E-state index contributed by atoms with van der Waals surface area (Å²) in [6, 6.07) is 10.6. The molecule has 2 N–H and O–H groups in total. The van der Waals surface area contributed by atoms with Crippen molar-refractivity contribution < 1.29 is 9.59 Å². The molecule has 0 radical (unpaired) electrons. The largest absolute Gasteiger partial charge is 0.352 e. The number of carbonyl (C=O) groups is 2. The van der Waals surface area contributed by atoms with Gasteiger partial charge in [0.15, 0.2) is 5.15 Å². The van der Waals surface area contributed by atoms with Gasteiger partial charge < -0.3 is 10.6 Å². The van der Waals surface area contributed by atoms with Crippen molar-refractivity contribution in [1.29, 1.82) is 0 Å². The highest BCUT2D eigenvalue weighted by atomic mass is 35.5. The predicted octanol–water partition coefficient (Wildman–Crippen LogP) is 5.52. The Morgan fingerprint density at radius 1 is 1.14 bits per heavy atom. The van der Waals surface area contributed by atoms with Crippen molar-refractivity contribution >= 4 is 62.3 Å². The van der Waals surface area contributed by atoms with Crippen molar-refractivity contribution in [2.24, 2.45) is 5.41 Å². The van der Waals surface area contributed by atoms with Gasteiger partial charge in [0.05, 0.1) is 21.0 Å². The molecule has 0 aliphatic rings. The fraction of sp³-hybridized carbons (Fsp3) is 0.250. The number of fused-ring (bicyclic) bond motifs is 1. The quantitative estimate of drug-likeness (QED) is 0.566. The van der Waals surface area contributed by atoms with Crippen LogP contribution in [0.15, 0.2) is 36.4 Å². The highest BCUT2D eigenvalue weighted by Gasteiger charge is 2.21. The van der Waals surface area contributed by atoms with Crippen LogP contribution >= 0.6 is 34.7 Å². The predicted molar refractivity (Wildman–Crippen MR) is 115 cm³/mol. The Balaban J connectivity index is 1.80. The van der Waals surface area contributed by atoms with Crippen molar-refractivity contribution in [2.75, 3.05) is 5.32 Å². The van der Waals surface area contributed by atoms with E-state index >= 15 is 0 Å². The summed E-state index contributed by atoms with van der Waals surface area (Å²) in [5, 5.41) is 7.26. The van der Waals surface area contributed by atoms with Crippen molar-refractivity contribution in [2.45, 2.75) is 27.3 Å². The lowest BCUT2D eigenvalue weighted by molar-refractivity contribution is -0.128. The summed E-state index contributed by atoms with van der Waals surface area (Å²) < 4.78 is 4.92. The van der Waals surface area contributed by atoms with E-state index in [-0.39, 0.29) is 11.8 Å². The van der Waals surface area contributed by atoms with Crippen LogP contribution in [0.5, 0.6) is 0 Å². The number of anilines is 1. The molecule has 0 saturated carbocycles. The van der Waals surface area contributed by atoms with Gasteiger partial charge in [0, 0.05) is 17.3 Å². The molecule has 28 heavy (non-hydrogen) atoms. The van der Waals surface area contributed by atoms with E-state index in [1.807, 2.05) is 26.8 Å². The summed E-state index contributed by atoms with van der Waals surface area (Å²) in [6.45, 7) is 5.84. The van der Waals surface area contributed by atoms with Crippen LogP contribution in [0, 0.1) is 5.41 Å². The summed E-state index contributed by atoms with van der Waals surface area (Å²) in [5.74, 6) is -0.409. The van der Waals surface area contributed by atoms with Gasteiger partial charge in [0.25, 0.3) is 5.91 Å². The van der Waals surface area contributed by atoms with Crippen LogP contribution in [0.1, 0.15) is 36.7 Å². The summed E-state index contributed by atoms with van der Waals surface area (Å²) in [7, 11) is 0. The van der Waals surface area contributed by atoms with Crippen LogP contribution in [-0.4, -0.2) is 16.2 Å². The number of amides is 2. The number of rotatable bonds is 4. The maximum absolute atomic E-state index is 12.8. The van der Waals surface area contributed by atoms with E-state index in [0.717, 1.165) is 15.6 Å². The average molecular weight is 436 g/mol. The third-order valence-corrected chi connectivity index (χ3v) is 5.73. The Morgan fingerprint density at radius 3 is 2.61 bits per heavy atom. The van der Waals surface area contributed by atoms with Crippen LogP contribution in [0.25, 0.3) is 10.1 Å². The highest BCUT2D eigenvalue weighted by Crippen LogP contribution is 2.33. The third-order valence-electron chi connectivity index (χ3n) is 4.11. The Morgan fingerprint density at radius 2 is 1.89 bits per heavy atom. The molecule has 0 saturated heterocycles. The van der Waals surface area contributed by atoms with Gasteiger partial charge in [-0.25, -0.2) is 0 Å². The molecule has 2 amide bonds. The van der Waals surface area contributed by atoms with Crippen LogP contribution in [-0.2, 0) is 11.3 Å². The number of nitrogens with zero attached hydrogens (tertiary/aromatic N) is 1. The molecule has 0 aliphatic heterocycles. The molecule has 1 heterocycles. The summed E-state index contributed by atoms with van der Waals surface area (Å²) in [4.78, 5) is 24.9. The lowest BCUT2D eigenvalue weighted by atomic mass is 9.95. The molecule has 0 aliphatic carbocycles. The maximum atomic E-state index is 12.8. The molecule has 0 spiro atoms. The maximum Gasteiger partial charge on any atom is 0.257 e. The molecule has 3 aromatic rings. The van der Waals surface area contributed by atoms with Crippen molar-refractivity contribution in [1.82, 2.24) is 9.69 Å². The zero-order valence-corrected chi connectivity index (χ0v) is 17.9. The number of hydrogen-bond acceptors (Lipinski definition) is 4. The molecule has 5 nitrogen and oxygen atoms in total. The lowest BCUT2D eigenvalue weighted by Gasteiger charge is -2.18. The number of halogens is 2. The first kappa shape index (κ1) is 20.6. The topological polar surface area (TPSA) is 71.1 Å². The summed E-state index contributed by atoms with van der Waals surface area (Å²) in [5.41, 5.74) is 1.25. The molecule has 0 unspecified atom stereocenters. The van der Waals surface area contributed by atoms with Gasteiger partial charge in [-0.1, -0.05) is 62.2 Å². The fourth-order valence-corrected chi connectivity index (χ4v) is 3.80. The van der Waals surface area contributed by atoms with Gasteiger partial charge in [-0.3, -0.25) is 9.59 Å². The number of aromatic nitrogens is 1. The van der Waals surface area contributed by atoms with Gasteiger partial charge in [-0.05, 0) is 35.3 Å². The minimum atomic E-state index is -0.485. The van der Waals surface area contributed by atoms with E-state index in [9.17, 15) is 9.59 Å². The zero-order chi connectivity index (χ0) is 20.5. The Labute approximate surface area is 177 Å². The molecular weight excluding hydrogens is 417 g/mol.